The summed E-state index contributed by atoms with van der Waals surface area (Å²) in [5.41, 5.74) is 1.57. The van der Waals surface area contributed by atoms with Crippen molar-refractivity contribution in [3.05, 3.63) is 29.8 Å². The molecule has 0 radical (unpaired) electrons. The second-order valence-electron chi connectivity index (χ2n) is 3.72. The summed E-state index contributed by atoms with van der Waals surface area (Å²) in [6, 6.07) is 7.38. The number of terminal acetylenes is 1. The highest BCUT2D eigenvalue weighted by Gasteiger charge is 2.23. The van der Waals surface area contributed by atoms with Gasteiger partial charge in [0, 0.05) is 11.3 Å². The molecule has 1 aromatic carbocycles. The van der Waals surface area contributed by atoms with Gasteiger partial charge in [0.2, 0.25) is 5.91 Å². The van der Waals surface area contributed by atoms with Gasteiger partial charge in [0.1, 0.15) is 0 Å². The first-order valence-electron chi connectivity index (χ1n) is 5.29. The molecule has 2 rings (SSSR count). The molecular weight excluding hydrogens is 218 g/mol. The Morgan fingerprint density at radius 3 is 3.12 bits per heavy atom. The quantitative estimate of drug-likeness (QED) is 0.792. The van der Waals surface area contributed by atoms with E-state index in [2.05, 4.69) is 11.2 Å². The fourth-order valence-corrected chi connectivity index (χ4v) is 2.86. The van der Waals surface area contributed by atoms with Crippen LogP contribution in [0, 0.1) is 12.3 Å². The van der Waals surface area contributed by atoms with E-state index in [1.807, 2.05) is 24.3 Å². The van der Waals surface area contributed by atoms with E-state index in [4.69, 9.17) is 6.42 Å². The first kappa shape index (κ1) is 11.1. The van der Waals surface area contributed by atoms with E-state index < -0.39 is 0 Å². The molecule has 1 fully saturated rings. The SMILES string of the molecule is C#Cc1cccc(NC(=O)C2CCCS2)c1. The molecule has 1 amide bonds. The second kappa shape index (κ2) is 5.09. The van der Waals surface area contributed by atoms with Gasteiger partial charge in [0.05, 0.1) is 5.25 Å². The molecule has 1 unspecified atom stereocenters. The number of nitrogens with one attached hydrogen (secondary N) is 1. The number of hydrogen-bond acceptors (Lipinski definition) is 2. The van der Waals surface area contributed by atoms with Crippen LogP contribution in [-0.4, -0.2) is 16.9 Å². The standard InChI is InChI=1S/C13H13NOS/c1-2-10-5-3-6-11(9-10)14-13(15)12-7-4-8-16-12/h1,3,5-6,9,12H,4,7-8H2,(H,14,15). The predicted molar refractivity (Wildman–Crippen MR) is 68.5 cm³/mol. The van der Waals surface area contributed by atoms with Crippen LogP contribution in [0.5, 0.6) is 0 Å². The summed E-state index contributed by atoms with van der Waals surface area (Å²) >= 11 is 1.73. The maximum absolute atomic E-state index is 11.8. The van der Waals surface area contributed by atoms with Crippen LogP contribution in [0.4, 0.5) is 5.69 Å². The minimum atomic E-state index is 0.0941. The lowest BCUT2D eigenvalue weighted by molar-refractivity contribution is -0.115. The fraction of sp³-hybridized carbons (Fsp3) is 0.308. The largest absolute Gasteiger partial charge is 0.325 e. The van der Waals surface area contributed by atoms with E-state index in [0.29, 0.717) is 0 Å². The van der Waals surface area contributed by atoms with Gasteiger partial charge in [-0.25, -0.2) is 0 Å². The third-order valence-corrected chi connectivity index (χ3v) is 3.90. The summed E-state index contributed by atoms with van der Waals surface area (Å²) in [7, 11) is 0. The number of anilines is 1. The van der Waals surface area contributed by atoms with Crippen LogP contribution in [0.15, 0.2) is 24.3 Å². The lowest BCUT2D eigenvalue weighted by atomic mass is 10.2. The van der Waals surface area contributed by atoms with Gasteiger partial charge in [-0.3, -0.25) is 4.79 Å². The molecule has 1 N–H and O–H groups in total. The first-order chi connectivity index (χ1) is 7.79. The Kier molecular flexibility index (Phi) is 3.53. The van der Waals surface area contributed by atoms with E-state index in [-0.39, 0.29) is 11.2 Å². The molecule has 1 atom stereocenters. The van der Waals surface area contributed by atoms with Gasteiger partial charge in [-0.05, 0) is 36.8 Å². The highest BCUT2D eigenvalue weighted by atomic mass is 32.2. The molecular formula is C13H13NOS. The number of carbonyl (C=O) groups is 1. The fourth-order valence-electron chi connectivity index (χ4n) is 1.69. The summed E-state index contributed by atoms with van der Waals surface area (Å²) in [5, 5.41) is 3.01. The Balaban J connectivity index is 2.03. The molecule has 0 bridgehead atoms. The Morgan fingerprint density at radius 2 is 2.44 bits per heavy atom. The van der Waals surface area contributed by atoms with Crippen molar-refractivity contribution in [2.75, 3.05) is 11.1 Å². The zero-order valence-corrected chi connectivity index (χ0v) is 9.72. The number of carbonyl (C=O) groups excluding carboxylic acids is 1. The highest BCUT2D eigenvalue weighted by Crippen LogP contribution is 2.27. The number of hydrogen-bond donors (Lipinski definition) is 1. The molecule has 1 aromatic rings. The van der Waals surface area contributed by atoms with Crippen molar-refractivity contribution in [1.82, 2.24) is 0 Å². The van der Waals surface area contributed by atoms with Crippen molar-refractivity contribution in [1.29, 1.82) is 0 Å². The molecule has 2 nitrogen and oxygen atoms in total. The van der Waals surface area contributed by atoms with Crippen LogP contribution in [-0.2, 0) is 4.79 Å². The minimum Gasteiger partial charge on any atom is -0.325 e. The van der Waals surface area contributed by atoms with Crippen molar-refractivity contribution in [2.45, 2.75) is 18.1 Å². The number of amides is 1. The van der Waals surface area contributed by atoms with Crippen LogP contribution in [0.1, 0.15) is 18.4 Å². The van der Waals surface area contributed by atoms with Gasteiger partial charge in [-0.2, -0.15) is 0 Å². The summed E-state index contributed by atoms with van der Waals surface area (Å²) in [4.78, 5) is 11.8. The van der Waals surface area contributed by atoms with Gasteiger partial charge in [0.25, 0.3) is 0 Å². The molecule has 3 heteroatoms. The number of thioether (sulfide) groups is 1. The van der Waals surface area contributed by atoms with Crippen molar-refractivity contribution in [3.8, 4) is 12.3 Å². The average Bonchev–Trinajstić information content (AvgIpc) is 2.83. The topological polar surface area (TPSA) is 29.1 Å². The smallest absolute Gasteiger partial charge is 0.237 e. The van der Waals surface area contributed by atoms with Crippen LogP contribution in [0.25, 0.3) is 0 Å². The molecule has 1 saturated heterocycles. The van der Waals surface area contributed by atoms with E-state index >= 15 is 0 Å². The molecule has 1 aliphatic heterocycles. The zero-order chi connectivity index (χ0) is 11.4. The van der Waals surface area contributed by atoms with E-state index in [0.717, 1.165) is 29.8 Å². The van der Waals surface area contributed by atoms with Crippen molar-refractivity contribution < 1.29 is 4.79 Å². The van der Waals surface area contributed by atoms with Crippen LogP contribution >= 0.6 is 11.8 Å². The monoisotopic (exact) mass is 231 g/mol. The van der Waals surface area contributed by atoms with E-state index in [1.165, 1.54) is 0 Å². The molecule has 0 saturated carbocycles. The van der Waals surface area contributed by atoms with Crippen molar-refractivity contribution >= 4 is 23.4 Å². The Morgan fingerprint density at radius 1 is 1.56 bits per heavy atom. The predicted octanol–water partition coefficient (Wildman–Crippen LogP) is 2.50. The normalized spacial score (nSPS) is 19.1. The second-order valence-corrected chi connectivity index (χ2v) is 5.03. The van der Waals surface area contributed by atoms with E-state index in [9.17, 15) is 4.79 Å². The van der Waals surface area contributed by atoms with Crippen molar-refractivity contribution in [2.24, 2.45) is 0 Å². The third-order valence-electron chi connectivity index (χ3n) is 2.52. The summed E-state index contributed by atoms with van der Waals surface area (Å²) in [6.45, 7) is 0. The molecule has 1 aliphatic rings. The number of rotatable bonds is 2. The Labute approximate surface area is 99.8 Å². The maximum atomic E-state index is 11.8. The van der Waals surface area contributed by atoms with Crippen LogP contribution in [0.3, 0.4) is 0 Å². The number of benzene rings is 1. The van der Waals surface area contributed by atoms with Gasteiger partial charge in [-0.15, -0.1) is 18.2 Å². The Hall–Kier alpha value is -1.40. The lowest BCUT2D eigenvalue weighted by Crippen LogP contribution is -2.22. The van der Waals surface area contributed by atoms with Crippen molar-refractivity contribution in [3.63, 3.8) is 0 Å². The Bertz CT molecular complexity index is 430. The molecule has 0 aromatic heterocycles. The molecule has 16 heavy (non-hydrogen) atoms. The maximum Gasteiger partial charge on any atom is 0.237 e. The van der Waals surface area contributed by atoms with Gasteiger partial charge in [0.15, 0.2) is 0 Å². The molecule has 1 heterocycles. The zero-order valence-electron chi connectivity index (χ0n) is 8.90. The lowest BCUT2D eigenvalue weighted by Gasteiger charge is -2.09. The molecule has 82 valence electrons. The van der Waals surface area contributed by atoms with Crippen LogP contribution < -0.4 is 5.32 Å². The summed E-state index contributed by atoms with van der Waals surface area (Å²) in [5.74, 6) is 3.73. The van der Waals surface area contributed by atoms with Gasteiger partial charge in [-0.1, -0.05) is 12.0 Å². The average molecular weight is 231 g/mol. The van der Waals surface area contributed by atoms with Gasteiger partial charge < -0.3 is 5.32 Å². The minimum absolute atomic E-state index is 0.0941. The van der Waals surface area contributed by atoms with Gasteiger partial charge >= 0.3 is 0 Å². The first-order valence-corrected chi connectivity index (χ1v) is 6.33. The highest BCUT2D eigenvalue weighted by molar-refractivity contribution is 8.00. The summed E-state index contributed by atoms with van der Waals surface area (Å²) < 4.78 is 0. The summed E-state index contributed by atoms with van der Waals surface area (Å²) in [6.07, 6.45) is 7.41. The van der Waals surface area contributed by atoms with Crippen LogP contribution in [0.2, 0.25) is 0 Å². The molecule has 0 aliphatic carbocycles. The third kappa shape index (κ3) is 2.59. The molecule has 0 spiro atoms. The van der Waals surface area contributed by atoms with E-state index in [1.54, 1.807) is 11.8 Å².